The summed E-state index contributed by atoms with van der Waals surface area (Å²) < 4.78 is 2.02. The van der Waals surface area contributed by atoms with Crippen LogP contribution in [0.25, 0.3) is 5.69 Å². The maximum absolute atomic E-state index is 4.07. The fraction of sp³-hybridized carbons (Fsp3) is 0.438. The standard InChI is InChI=1S/C16H21N3/c1-2-4-14(3-1)11-18-12-15-5-7-16(8-6-15)19-10-9-17-13-19/h5-10,13-14,18H,1-4,11-12H2. The van der Waals surface area contributed by atoms with Gasteiger partial charge in [0, 0.05) is 24.6 Å². The van der Waals surface area contributed by atoms with Crippen molar-refractivity contribution >= 4 is 0 Å². The first-order valence-corrected chi connectivity index (χ1v) is 7.20. The van der Waals surface area contributed by atoms with E-state index in [1.807, 2.05) is 17.1 Å². The molecule has 0 amide bonds. The summed E-state index contributed by atoms with van der Waals surface area (Å²) in [5, 5.41) is 3.58. The summed E-state index contributed by atoms with van der Waals surface area (Å²) in [5.41, 5.74) is 2.51. The van der Waals surface area contributed by atoms with Crippen molar-refractivity contribution in [2.45, 2.75) is 32.2 Å². The van der Waals surface area contributed by atoms with Gasteiger partial charge in [-0.2, -0.15) is 0 Å². The Balaban J connectivity index is 1.51. The van der Waals surface area contributed by atoms with Crippen molar-refractivity contribution in [1.82, 2.24) is 14.9 Å². The van der Waals surface area contributed by atoms with Gasteiger partial charge in [-0.05, 0) is 43.0 Å². The van der Waals surface area contributed by atoms with E-state index >= 15 is 0 Å². The number of rotatable bonds is 5. The molecule has 0 aliphatic heterocycles. The van der Waals surface area contributed by atoms with Gasteiger partial charge in [-0.1, -0.05) is 25.0 Å². The topological polar surface area (TPSA) is 29.9 Å². The van der Waals surface area contributed by atoms with Crippen LogP contribution >= 0.6 is 0 Å². The van der Waals surface area contributed by atoms with Crippen LogP contribution in [0.15, 0.2) is 43.0 Å². The maximum atomic E-state index is 4.07. The Morgan fingerprint density at radius 1 is 1.16 bits per heavy atom. The van der Waals surface area contributed by atoms with Crippen LogP contribution in [0, 0.1) is 5.92 Å². The van der Waals surface area contributed by atoms with Crippen LogP contribution in [0.5, 0.6) is 0 Å². The van der Waals surface area contributed by atoms with Crippen LogP contribution in [0.1, 0.15) is 31.2 Å². The van der Waals surface area contributed by atoms with Crippen molar-refractivity contribution < 1.29 is 0 Å². The van der Waals surface area contributed by atoms with Gasteiger partial charge in [0.2, 0.25) is 0 Å². The third-order valence-electron chi connectivity index (χ3n) is 3.98. The molecule has 0 saturated heterocycles. The predicted molar refractivity (Wildman–Crippen MR) is 77.2 cm³/mol. The third kappa shape index (κ3) is 3.24. The molecule has 100 valence electrons. The number of nitrogens with one attached hydrogen (secondary N) is 1. The summed E-state index contributed by atoms with van der Waals surface area (Å²) >= 11 is 0. The van der Waals surface area contributed by atoms with Gasteiger partial charge in [0.15, 0.2) is 0 Å². The normalized spacial score (nSPS) is 16.0. The third-order valence-corrected chi connectivity index (χ3v) is 3.98. The largest absolute Gasteiger partial charge is 0.312 e. The van der Waals surface area contributed by atoms with Gasteiger partial charge in [0.1, 0.15) is 0 Å². The SMILES string of the molecule is c1cn(-c2ccc(CNCC3CCCC3)cc2)cn1. The molecule has 0 spiro atoms. The second-order valence-corrected chi connectivity index (χ2v) is 5.42. The van der Waals surface area contributed by atoms with Gasteiger partial charge in [-0.3, -0.25) is 0 Å². The van der Waals surface area contributed by atoms with E-state index in [0.717, 1.165) is 18.2 Å². The van der Waals surface area contributed by atoms with Crippen LogP contribution in [0.2, 0.25) is 0 Å². The highest BCUT2D eigenvalue weighted by molar-refractivity contribution is 5.34. The zero-order valence-electron chi connectivity index (χ0n) is 11.3. The lowest BCUT2D eigenvalue weighted by Gasteiger charge is -2.11. The highest BCUT2D eigenvalue weighted by Gasteiger charge is 2.13. The van der Waals surface area contributed by atoms with Gasteiger partial charge < -0.3 is 9.88 Å². The van der Waals surface area contributed by atoms with E-state index in [0.29, 0.717) is 0 Å². The highest BCUT2D eigenvalue weighted by Crippen LogP contribution is 2.23. The Hall–Kier alpha value is -1.61. The summed E-state index contributed by atoms with van der Waals surface area (Å²) in [6.45, 7) is 2.14. The minimum atomic E-state index is 0.908. The maximum Gasteiger partial charge on any atom is 0.0991 e. The summed E-state index contributed by atoms with van der Waals surface area (Å²) in [7, 11) is 0. The zero-order valence-corrected chi connectivity index (χ0v) is 11.3. The van der Waals surface area contributed by atoms with Crippen molar-refractivity contribution in [3.63, 3.8) is 0 Å². The summed E-state index contributed by atoms with van der Waals surface area (Å²) in [6.07, 6.45) is 11.3. The molecule has 1 N–H and O–H groups in total. The van der Waals surface area contributed by atoms with Crippen LogP contribution in [-0.2, 0) is 6.54 Å². The van der Waals surface area contributed by atoms with E-state index < -0.39 is 0 Å². The Morgan fingerprint density at radius 3 is 2.63 bits per heavy atom. The molecule has 0 unspecified atom stereocenters. The van der Waals surface area contributed by atoms with Crippen molar-refractivity contribution in [3.8, 4) is 5.69 Å². The quantitative estimate of drug-likeness (QED) is 0.889. The van der Waals surface area contributed by atoms with E-state index in [-0.39, 0.29) is 0 Å². The number of imidazole rings is 1. The fourth-order valence-corrected chi connectivity index (χ4v) is 2.83. The first-order chi connectivity index (χ1) is 9.42. The smallest absolute Gasteiger partial charge is 0.0991 e. The predicted octanol–water partition coefficient (Wildman–Crippen LogP) is 3.15. The Morgan fingerprint density at radius 2 is 1.95 bits per heavy atom. The molecule has 1 heterocycles. The highest BCUT2D eigenvalue weighted by atomic mass is 15.0. The molecule has 1 aromatic carbocycles. The van der Waals surface area contributed by atoms with Crippen LogP contribution in [0.3, 0.4) is 0 Å². The molecule has 1 aliphatic rings. The molecule has 3 rings (SSSR count). The van der Waals surface area contributed by atoms with E-state index in [9.17, 15) is 0 Å². The van der Waals surface area contributed by atoms with Gasteiger partial charge in [0.05, 0.1) is 6.33 Å². The second kappa shape index (κ2) is 6.02. The summed E-state index contributed by atoms with van der Waals surface area (Å²) in [6, 6.07) is 8.68. The Kier molecular flexibility index (Phi) is 3.94. The molecule has 1 aliphatic carbocycles. The molecule has 1 aromatic heterocycles. The lowest BCUT2D eigenvalue weighted by molar-refractivity contribution is 0.489. The molecular weight excluding hydrogens is 234 g/mol. The lowest BCUT2D eigenvalue weighted by Crippen LogP contribution is -2.20. The first-order valence-electron chi connectivity index (χ1n) is 7.20. The molecule has 0 radical (unpaired) electrons. The summed E-state index contributed by atoms with van der Waals surface area (Å²) in [5.74, 6) is 0.908. The number of benzene rings is 1. The Bertz CT molecular complexity index is 481. The van der Waals surface area contributed by atoms with E-state index in [4.69, 9.17) is 0 Å². The molecule has 3 heteroatoms. The minimum Gasteiger partial charge on any atom is -0.312 e. The van der Waals surface area contributed by atoms with Gasteiger partial charge >= 0.3 is 0 Å². The van der Waals surface area contributed by atoms with Crippen molar-refractivity contribution in [2.24, 2.45) is 5.92 Å². The molecule has 3 nitrogen and oxygen atoms in total. The average Bonchev–Trinajstić information content (AvgIpc) is 3.13. The Labute approximate surface area is 114 Å². The zero-order chi connectivity index (χ0) is 12.9. The molecule has 1 saturated carbocycles. The van der Waals surface area contributed by atoms with Crippen LogP contribution in [-0.4, -0.2) is 16.1 Å². The number of nitrogens with zero attached hydrogens (tertiary/aromatic N) is 2. The van der Waals surface area contributed by atoms with Crippen molar-refractivity contribution in [1.29, 1.82) is 0 Å². The van der Waals surface area contributed by atoms with Crippen LogP contribution < -0.4 is 5.32 Å². The van der Waals surface area contributed by atoms with Crippen molar-refractivity contribution in [3.05, 3.63) is 48.5 Å². The molecule has 2 aromatic rings. The molecule has 1 fully saturated rings. The number of hydrogen-bond acceptors (Lipinski definition) is 2. The van der Waals surface area contributed by atoms with Gasteiger partial charge in [0.25, 0.3) is 0 Å². The van der Waals surface area contributed by atoms with Crippen LogP contribution in [0.4, 0.5) is 0 Å². The summed E-state index contributed by atoms with van der Waals surface area (Å²) in [4.78, 5) is 4.07. The van der Waals surface area contributed by atoms with E-state index in [2.05, 4.69) is 34.6 Å². The monoisotopic (exact) mass is 255 g/mol. The van der Waals surface area contributed by atoms with E-state index in [1.54, 1.807) is 6.20 Å². The van der Waals surface area contributed by atoms with Gasteiger partial charge in [-0.25, -0.2) is 4.98 Å². The molecule has 0 bridgehead atoms. The first kappa shape index (κ1) is 12.4. The second-order valence-electron chi connectivity index (χ2n) is 5.42. The molecule has 0 atom stereocenters. The lowest BCUT2D eigenvalue weighted by atomic mass is 10.1. The fourth-order valence-electron chi connectivity index (χ4n) is 2.83. The van der Waals surface area contributed by atoms with Gasteiger partial charge in [-0.15, -0.1) is 0 Å². The van der Waals surface area contributed by atoms with E-state index in [1.165, 1.54) is 37.8 Å². The number of aromatic nitrogens is 2. The molecular formula is C16H21N3. The average molecular weight is 255 g/mol. The number of hydrogen-bond donors (Lipinski definition) is 1. The minimum absolute atomic E-state index is 0.908. The van der Waals surface area contributed by atoms with Crippen molar-refractivity contribution in [2.75, 3.05) is 6.54 Å². The molecule has 19 heavy (non-hydrogen) atoms.